The molecule has 0 spiro atoms. The number of hydrogen-bond acceptors (Lipinski definition) is 7. The summed E-state index contributed by atoms with van der Waals surface area (Å²) in [5.74, 6) is 0.764. The standard InChI is InChI=1S/C20H26N4O5/c1-13(25)15-8-17-18(29-12-28-17)9-16(15)22-20(27)11-24-6-4-23(5-7-24)10-19(26)21-14-2-3-14/h8-9,14H,2-7,10-12H2,1H3,(H,21,26)(H,22,27). The molecule has 2 amide bonds. The van der Waals surface area contributed by atoms with Gasteiger partial charge in [-0.25, -0.2) is 0 Å². The van der Waals surface area contributed by atoms with Gasteiger partial charge < -0.3 is 20.1 Å². The molecule has 2 heterocycles. The molecule has 29 heavy (non-hydrogen) atoms. The largest absolute Gasteiger partial charge is 0.454 e. The fraction of sp³-hybridized carbons (Fsp3) is 0.550. The van der Waals surface area contributed by atoms with E-state index in [9.17, 15) is 14.4 Å². The third-order valence-corrected chi connectivity index (χ3v) is 5.31. The lowest BCUT2D eigenvalue weighted by Crippen LogP contribution is -2.51. The molecule has 3 aliphatic rings. The van der Waals surface area contributed by atoms with Crippen LogP contribution < -0.4 is 20.1 Å². The Hall–Kier alpha value is -2.65. The van der Waals surface area contributed by atoms with Crippen LogP contribution in [0.1, 0.15) is 30.1 Å². The van der Waals surface area contributed by atoms with Crippen LogP contribution in [0.25, 0.3) is 0 Å². The Morgan fingerprint density at radius 3 is 2.14 bits per heavy atom. The first kappa shape index (κ1) is 19.7. The predicted octanol–water partition coefficient (Wildman–Crippen LogP) is 0.453. The van der Waals surface area contributed by atoms with E-state index in [1.54, 1.807) is 12.1 Å². The second-order valence-electron chi connectivity index (χ2n) is 7.75. The highest BCUT2D eigenvalue weighted by atomic mass is 16.7. The number of benzene rings is 1. The van der Waals surface area contributed by atoms with Crippen LogP contribution in [-0.2, 0) is 9.59 Å². The quantitative estimate of drug-likeness (QED) is 0.639. The number of fused-ring (bicyclic) bond motifs is 1. The van der Waals surface area contributed by atoms with Crippen molar-refractivity contribution in [1.82, 2.24) is 15.1 Å². The number of ether oxygens (including phenoxy) is 2. The van der Waals surface area contributed by atoms with Gasteiger partial charge in [0.2, 0.25) is 18.6 Å². The molecule has 0 unspecified atom stereocenters. The zero-order valence-corrected chi connectivity index (χ0v) is 16.5. The molecule has 0 bridgehead atoms. The summed E-state index contributed by atoms with van der Waals surface area (Å²) in [4.78, 5) is 40.5. The molecule has 1 aromatic rings. The average molecular weight is 402 g/mol. The minimum Gasteiger partial charge on any atom is -0.454 e. The molecule has 4 rings (SSSR count). The summed E-state index contributed by atoms with van der Waals surface area (Å²) in [7, 11) is 0. The zero-order valence-electron chi connectivity index (χ0n) is 16.5. The molecule has 1 saturated carbocycles. The number of nitrogens with zero attached hydrogens (tertiary/aromatic N) is 2. The number of amides is 2. The molecule has 9 nitrogen and oxygen atoms in total. The lowest BCUT2D eigenvalue weighted by atomic mass is 10.1. The van der Waals surface area contributed by atoms with Gasteiger partial charge in [-0.3, -0.25) is 24.2 Å². The molecular formula is C20H26N4O5. The summed E-state index contributed by atoms with van der Waals surface area (Å²) in [6.45, 7) is 5.11. The van der Waals surface area contributed by atoms with Gasteiger partial charge in [0.15, 0.2) is 17.3 Å². The Bertz CT molecular complexity index is 815. The number of carbonyl (C=O) groups excluding carboxylic acids is 3. The summed E-state index contributed by atoms with van der Waals surface area (Å²) in [6.07, 6.45) is 2.17. The number of piperazine rings is 1. The normalized spacial score (nSPS) is 19.1. The van der Waals surface area contributed by atoms with E-state index in [2.05, 4.69) is 15.5 Å². The molecule has 1 saturated heterocycles. The van der Waals surface area contributed by atoms with E-state index in [0.717, 1.165) is 25.9 Å². The molecule has 2 fully saturated rings. The highest BCUT2D eigenvalue weighted by molar-refractivity contribution is 6.05. The highest BCUT2D eigenvalue weighted by Gasteiger charge is 2.26. The summed E-state index contributed by atoms with van der Waals surface area (Å²) < 4.78 is 10.6. The Morgan fingerprint density at radius 2 is 1.55 bits per heavy atom. The number of Topliss-reactive ketones (excluding diaryl/α,β-unsaturated/α-hetero) is 1. The van der Waals surface area contributed by atoms with E-state index >= 15 is 0 Å². The maximum absolute atomic E-state index is 12.5. The van der Waals surface area contributed by atoms with Gasteiger partial charge in [0, 0.05) is 43.9 Å². The van der Waals surface area contributed by atoms with Crippen molar-refractivity contribution >= 4 is 23.3 Å². The zero-order chi connectivity index (χ0) is 20.4. The number of anilines is 1. The lowest BCUT2D eigenvalue weighted by Gasteiger charge is -2.33. The average Bonchev–Trinajstić information content (AvgIpc) is 3.36. The Balaban J connectivity index is 1.27. The molecule has 2 aliphatic heterocycles. The molecule has 2 N–H and O–H groups in total. The van der Waals surface area contributed by atoms with Gasteiger partial charge in [-0.2, -0.15) is 0 Å². The van der Waals surface area contributed by atoms with Gasteiger partial charge in [0.05, 0.1) is 18.8 Å². The summed E-state index contributed by atoms with van der Waals surface area (Å²) in [5, 5.41) is 5.83. The van der Waals surface area contributed by atoms with Crippen LogP contribution in [0, 0.1) is 0 Å². The van der Waals surface area contributed by atoms with Crippen molar-refractivity contribution < 1.29 is 23.9 Å². The maximum Gasteiger partial charge on any atom is 0.238 e. The molecule has 9 heteroatoms. The van der Waals surface area contributed by atoms with Crippen LogP contribution >= 0.6 is 0 Å². The third kappa shape index (κ3) is 5.04. The van der Waals surface area contributed by atoms with Gasteiger partial charge in [-0.05, 0) is 25.8 Å². The van der Waals surface area contributed by atoms with Crippen molar-refractivity contribution in [2.24, 2.45) is 0 Å². The van der Waals surface area contributed by atoms with E-state index in [1.807, 2.05) is 4.90 Å². The Morgan fingerprint density at radius 1 is 0.966 bits per heavy atom. The fourth-order valence-corrected chi connectivity index (χ4v) is 3.54. The summed E-state index contributed by atoms with van der Waals surface area (Å²) >= 11 is 0. The van der Waals surface area contributed by atoms with Crippen molar-refractivity contribution in [3.8, 4) is 11.5 Å². The number of rotatable bonds is 7. The Labute approximate surface area is 169 Å². The predicted molar refractivity (Wildman–Crippen MR) is 105 cm³/mol. The summed E-state index contributed by atoms with van der Waals surface area (Å²) in [6, 6.07) is 3.61. The van der Waals surface area contributed by atoms with Crippen LogP contribution in [-0.4, -0.2) is 79.5 Å². The van der Waals surface area contributed by atoms with Crippen molar-refractivity contribution in [2.75, 3.05) is 51.4 Å². The number of carbonyl (C=O) groups is 3. The Kier molecular flexibility index (Phi) is 5.68. The van der Waals surface area contributed by atoms with Crippen molar-refractivity contribution in [3.63, 3.8) is 0 Å². The smallest absolute Gasteiger partial charge is 0.238 e. The van der Waals surface area contributed by atoms with E-state index in [4.69, 9.17) is 9.47 Å². The van der Waals surface area contributed by atoms with E-state index < -0.39 is 0 Å². The van der Waals surface area contributed by atoms with E-state index in [0.29, 0.717) is 48.4 Å². The molecule has 0 aromatic heterocycles. The molecular weight excluding hydrogens is 376 g/mol. The second kappa shape index (κ2) is 8.38. The number of nitrogens with one attached hydrogen (secondary N) is 2. The van der Waals surface area contributed by atoms with Crippen molar-refractivity contribution in [3.05, 3.63) is 17.7 Å². The summed E-state index contributed by atoms with van der Waals surface area (Å²) in [5.41, 5.74) is 0.830. The molecule has 1 aromatic carbocycles. The monoisotopic (exact) mass is 402 g/mol. The van der Waals surface area contributed by atoms with Gasteiger partial charge >= 0.3 is 0 Å². The molecule has 0 radical (unpaired) electrons. The maximum atomic E-state index is 12.5. The minimum absolute atomic E-state index is 0.0817. The highest BCUT2D eigenvalue weighted by Crippen LogP contribution is 2.37. The fourth-order valence-electron chi connectivity index (χ4n) is 3.54. The first-order valence-corrected chi connectivity index (χ1v) is 9.96. The first-order valence-electron chi connectivity index (χ1n) is 9.96. The molecule has 1 aliphatic carbocycles. The first-order chi connectivity index (χ1) is 14.0. The van der Waals surface area contributed by atoms with Crippen LogP contribution in [0.4, 0.5) is 5.69 Å². The van der Waals surface area contributed by atoms with Crippen LogP contribution in [0.2, 0.25) is 0 Å². The second-order valence-corrected chi connectivity index (χ2v) is 7.75. The van der Waals surface area contributed by atoms with Gasteiger partial charge in [0.25, 0.3) is 0 Å². The van der Waals surface area contributed by atoms with Crippen LogP contribution in [0.15, 0.2) is 12.1 Å². The van der Waals surface area contributed by atoms with Crippen molar-refractivity contribution in [1.29, 1.82) is 0 Å². The topological polar surface area (TPSA) is 100 Å². The molecule has 0 atom stereocenters. The molecule has 156 valence electrons. The van der Waals surface area contributed by atoms with E-state index in [1.165, 1.54) is 6.92 Å². The van der Waals surface area contributed by atoms with Crippen LogP contribution in [0.3, 0.4) is 0 Å². The SMILES string of the molecule is CC(=O)c1cc2c(cc1NC(=O)CN1CCN(CC(=O)NC3CC3)CC1)OCO2. The van der Waals surface area contributed by atoms with E-state index in [-0.39, 0.29) is 30.9 Å². The minimum atomic E-state index is -0.189. The van der Waals surface area contributed by atoms with Gasteiger partial charge in [-0.1, -0.05) is 0 Å². The van der Waals surface area contributed by atoms with Gasteiger partial charge in [0.1, 0.15) is 0 Å². The van der Waals surface area contributed by atoms with Crippen molar-refractivity contribution in [2.45, 2.75) is 25.8 Å². The van der Waals surface area contributed by atoms with Gasteiger partial charge in [-0.15, -0.1) is 0 Å². The number of hydrogen-bond donors (Lipinski definition) is 2. The lowest BCUT2D eigenvalue weighted by molar-refractivity contribution is -0.123. The third-order valence-electron chi connectivity index (χ3n) is 5.31. The van der Waals surface area contributed by atoms with Crippen LogP contribution in [0.5, 0.6) is 11.5 Å². The number of ketones is 1.